The van der Waals surface area contributed by atoms with Gasteiger partial charge >= 0.3 is 0 Å². The van der Waals surface area contributed by atoms with Gasteiger partial charge in [-0.25, -0.2) is 8.42 Å². The van der Waals surface area contributed by atoms with Crippen LogP contribution in [0.15, 0.2) is 0 Å². The quantitative estimate of drug-likeness (QED) is 0.596. The molecule has 0 radical (unpaired) electrons. The molecule has 0 aromatic rings. The third-order valence-electron chi connectivity index (χ3n) is 2.18. The summed E-state index contributed by atoms with van der Waals surface area (Å²) in [6.07, 6.45) is 1.78. The summed E-state index contributed by atoms with van der Waals surface area (Å²) in [6.45, 7) is 1.37. The number of hydrogen-bond donors (Lipinski definition) is 2. The molecule has 6 heteroatoms. The summed E-state index contributed by atoms with van der Waals surface area (Å²) in [5, 5.41) is 1.58. The number of sulfone groups is 1. The van der Waals surface area contributed by atoms with E-state index in [1.807, 2.05) is 0 Å². The van der Waals surface area contributed by atoms with Crippen LogP contribution in [0.5, 0.6) is 0 Å². The molecule has 3 atom stereocenters. The molecular formula is C7H14N2O3S. The lowest BCUT2D eigenvalue weighted by Gasteiger charge is -2.09. The molecular weight excluding hydrogens is 192 g/mol. The minimum Gasteiger partial charge on any atom is -0.351 e. The van der Waals surface area contributed by atoms with Gasteiger partial charge in [0, 0.05) is 18.3 Å². The van der Waals surface area contributed by atoms with Gasteiger partial charge in [-0.3, -0.25) is 4.79 Å². The molecule has 1 fully saturated rings. The standard InChI is InChI=1S/C7H14N2O3S/c1-4(13(2,11)12)7(10)9-6-3-5(6)8/h4-6H,3,8H2,1-2H3,(H,9,10). The lowest BCUT2D eigenvalue weighted by Crippen LogP contribution is -2.40. The van der Waals surface area contributed by atoms with E-state index in [0.717, 1.165) is 12.7 Å². The Morgan fingerprint density at radius 2 is 2.08 bits per heavy atom. The third-order valence-corrected chi connectivity index (χ3v) is 3.68. The molecule has 0 spiro atoms. The molecule has 0 aliphatic heterocycles. The Hall–Kier alpha value is -0.620. The molecule has 3 N–H and O–H groups in total. The third kappa shape index (κ3) is 2.67. The number of carbonyl (C=O) groups is 1. The Balaban J connectivity index is 2.49. The highest BCUT2D eigenvalue weighted by Crippen LogP contribution is 2.18. The van der Waals surface area contributed by atoms with Gasteiger partial charge in [-0.15, -0.1) is 0 Å². The average molecular weight is 206 g/mol. The topological polar surface area (TPSA) is 89.3 Å². The van der Waals surface area contributed by atoms with Crippen LogP contribution in [-0.4, -0.2) is 37.9 Å². The second-order valence-corrected chi connectivity index (χ2v) is 5.85. The van der Waals surface area contributed by atoms with E-state index in [4.69, 9.17) is 5.73 Å². The molecule has 1 aliphatic rings. The van der Waals surface area contributed by atoms with Crippen LogP contribution in [0.4, 0.5) is 0 Å². The smallest absolute Gasteiger partial charge is 0.238 e. The zero-order chi connectivity index (χ0) is 10.2. The number of rotatable bonds is 3. The predicted molar refractivity (Wildman–Crippen MR) is 48.8 cm³/mol. The van der Waals surface area contributed by atoms with E-state index in [2.05, 4.69) is 5.32 Å². The lowest BCUT2D eigenvalue weighted by molar-refractivity contribution is -0.120. The summed E-state index contributed by atoms with van der Waals surface area (Å²) >= 11 is 0. The molecule has 0 bridgehead atoms. The second-order valence-electron chi connectivity index (χ2n) is 3.49. The number of amides is 1. The van der Waals surface area contributed by atoms with Crippen LogP contribution < -0.4 is 11.1 Å². The molecule has 1 amide bonds. The van der Waals surface area contributed by atoms with E-state index in [1.54, 1.807) is 0 Å². The van der Waals surface area contributed by atoms with E-state index in [-0.39, 0.29) is 12.1 Å². The van der Waals surface area contributed by atoms with Crippen molar-refractivity contribution < 1.29 is 13.2 Å². The SMILES string of the molecule is CC(C(=O)NC1CC1N)S(C)(=O)=O. The van der Waals surface area contributed by atoms with Gasteiger partial charge in [0.1, 0.15) is 5.25 Å². The fraction of sp³-hybridized carbons (Fsp3) is 0.857. The fourth-order valence-corrected chi connectivity index (χ4v) is 1.33. The molecule has 1 saturated carbocycles. The van der Waals surface area contributed by atoms with E-state index in [0.29, 0.717) is 0 Å². The normalized spacial score (nSPS) is 29.5. The zero-order valence-corrected chi connectivity index (χ0v) is 8.47. The maximum atomic E-state index is 11.2. The van der Waals surface area contributed by atoms with E-state index in [1.165, 1.54) is 6.92 Å². The summed E-state index contributed by atoms with van der Waals surface area (Å²) in [5.74, 6) is -0.458. The second kappa shape index (κ2) is 3.26. The Labute approximate surface area is 77.6 Å². The molecule has 1 rings (SSSR count). The molecule has 3 unspecified atom stereocenters. The number of carbonyl (C=O) groups excluding carboxylic acids is 1. The summed E-state index contributed by atoms with van der Waals surface area (Å²) in [4.78, 5) is 11.2. The summed E-state index contributed by atoms with van der Waals surface area (Å²) in [7, 11) is -3.29. The van der Waals surface area contributed by atoms with Crippen LogP contribution in [0.25, 0.3) is 0 Å². The van der Waals surface area contributed by atoms with Gasteiger partial charge < -0.3 is 11.1 Å². The van der Waals surface area contributed by atoms with Crippen LogP contribution in [-0.2, 0) is 14.6 Å². The first-order valence-corrected chi connectivity index (χ1v) is 6.02. The van der Waals surface area contributed by atoms with Gasteiger partial charge in [-0.2, -0.15) is 0 Å². The van der Waals surface area contributed by atoms with Gasteiger partial charge in [-0.1, -0.05) is 0 Å². The minimum absolute atomic E-state index is 0.00397. The Morgan fingerprint density at radius 1 is 1.62 bits per heavy atom. The molecule has 0 aromatic carbocycles. The van der Waals surface area contributed by atoms with Crippen molar-refractivity contribution in [2.75, 3.05) is 6.26 Å². The first-order chi connectivity index (χ1) is 5.82. The van der Waals surface area contributed by atoms with Crippen LogP contribution in [0.3, 0.4) is 0 Å². The van der Waals surface area contributed by atoms with Crippen molar-refractivity contribution in [3.8, 4) is 0 Å². The molecule has 13 heavy (non-hydrogen) atoms. The highest BCUT2D eigenvalue weighted by Gasteiger charge is 2.37. The van der Waals surface area contributed by atoms with Gasteiger partial charge in [0.05, 0.1) is 0 Å². The first-order valence-electron chi connectivity index (χ1n) is 4.07. The van der Waals surface area contributed by atoms with Gasteiger partial charge in [0.15, 0.2) is 9.84 Å². The Bertz CT molecular complexity index is 312. The van der Waals surface area contributed by atoms with Gasteiger partial charge in [-0.05, 0) is 13.3 Å². The summed E-state index contributed by atoms with van der Waals surface area (Å²) < 4.78 is 21.9. The average Bonchev–Trinajstić information content (AvgIpc) is 2.63. The lowest BCUT2D eigenvalue weighted by atomic mass is 10.4. The highest BCUT2D eigenvalue weighted by atomic mass is 32.2. The minimum atomic E-state index is -3.29. The molecule has 0 saturated heterocycles. The van der Waals surface area contributed by atoms with Crippen LogP contribution in [0.1, 0.15) is 13.3 Å². The van der Waals surface area contributed by atoms with Crippen LogP contribution >= 0.6 is 0 Å². The first kappa shape index (κ1) is 10.5. The van der Waals surface area contributed by atoms with Crippen molar-refractivity contribution >= 4 is 15.7 Å². The summed E-state index contributed by atoms with van der Waals surface area (Å²) in [6, 6.07) is -0.0348. The van der Waals surface area contributed by atoms with Crippen LogP contribution in [0.2, 0.25) is 0 Å². The van der Waals surface area contributed by atoms with Gasteiger partial charge in [0.25, 0.3) is 0 Å². The number of nitrogens with two attached hydrogens (primary N) is 1. The number of nitrogens with one attached hydrogen (secondary N) is 1. The predicted octanol–water partition coefficient (Wildman–Crippen LogP) is -1.36. The zero-order valence-electron chi connectivity index (χ0n) is 7.65. The maximum absolute atomic E-state index is 11.2. The Kier molecular flexibility index (Phi) is 2.63. The van der Waals surface area contributed by atoms with E-state index < -0.39 is 21.0 Å². The van der Waals surface area contributed by atoms with Crippen molar-refractivity contribution in [2.24, 2.45) is 5.73 Å². The molecule has 1 aliphatic carbocycles. The van der Waals surface area contributed by atoms with Gasteiger partial charge in [0.2, 0.25) is 5.91 Å². The van der Waals surface area contributed by atoms with E-state index in [9.17, 15) is 13.2 Å². The maximum Gasteiger partial charge on any atom is 0.238 e. The monoisotopic (exact) mass is 206 g/mol. The van der Waals surface area contributed by atoms with E-state index >= 15 is 0 Å². The molecule has 0 heterocycles. The van der Waals surface area contributed by atoms with Crippen LogP contribution in [0, 0.1) is 0 Å². The van der Waals surface area contributed by atoms with Crippen molar-refractivity contribution in [1.29, 1.82) is 0 Å². The molecule has 76 valence electrons. The van der Waals surface area contributed by atoms with Crippen molar-refractivity contribution in [3.05, 3.63) is 0 Å². The summed E-state index contributed by atoms with van der Waals surface area (Å²) in [5.41, 5.74) is 5.46. The molecule has 0 aromatic heterocycles. The molecule has 5 nitrogen and oxygen atoms in total. The number of hydrogen-bond acceptors (Lipinski definition) is 4. The van der Waals surface area contributed by atoms with Crippen molar-refractivity contribution in [2.45, 2.75) is 30.7 Å². The van der Waals surface area contributed by atoms with Crippen molar-refractivity contribution in [3.63, 3.8) is 0 Å². The highest BCUT2D eigenvalue weighted by molar-refractivity contribution is 7.92. The largest absolute Gasteiger partial charge is 0.351 e. The van der Waals surface area contributed by atoms with Crippen molar-refractivity contribution in [1.82, 2.24) is 5.32 Å². The fourth-order valence-electron chi connectivity index (χ4n) is 0.875. The Morgan fingerprint density at radius 3 is 2.38 bits per heavy atom.